The number of ether oxygens (including phenoxy) is 1. The molecule has 3 aromatic carbocycles. The lowest BCUT2D eigenvalue weighted by Gasteiger charge is -2.19. The minimum absolute atomic E-state index is 0.173. The van der Waals surface area contributed by atoms with Crippen molar-refractivity contribution in [3.8, 4) is 5.75 Å². The van der Waals surface area contributed by atoms with Crippen LogP contribution in [0.2, 0.25) is 5.02 Å². The summed E-state index contributed by atoms with van der Waals surface area (Å²) in [5.41, 5.74) is 1.40. The molecule has 0 bridgehead atoms. The van der Waals surface area contributed by atoms with Crippen molar-refractivity contribution >= 4 is 39.9 Å². The quantitative estimate of drug-likeness (QED) is 0.611. The van der Waals surface area contributed by atoms with Crippen molar-refractivity contribution in [1.82, 2.24) is 5.32 Å². The van der Waals surface area contributed by atoms with Gasteiger partial charge in [0.1, 0.15) is 11.8 Å². The van der Waals surface area contributed by atoms with E-state index < -0.39 is 6.04 Å². The number of benzene rings is 3. The molecule has 0 saturated heterocycles. The zero-order valence-corrected chi connectivity index (χ0v) is 16.8. The van der Waals surface area contributed by atoms with E-state index in [1.54, 1.807) is 17.0 Å². The molecule has 3 aromatic rings. The van der Waals surface area contributed by atoms with Crippen LogP contribution in [0.5, 0.6) is 5.75 Å². The molecule has 1 aliphatic rings. The Kier molecular flexibility index (Phi) is 5.41. The van der Waals surface area contributed by atoms with Gasteiger partial charge in [-0.15, -0.1) is 0 Å². The largest absolute Gasteiger partial charge is 0.493 e. The maximum absolute atomic E-state index is 12.9. The molecule has 1 heterocycles. The fraction of sp³-hybridized carbons (Fsp3) is 0.217. The van der Waals surface area contributed by atoms with E-state index in [1.165, 1.54) is 6.92 Å². The van der Waals surface area contributed by atoms with Crippen LogP contribution in [-0.2, 0) is 9.59 Å². The fourth-order valence-corrected chi connectivity index (χ4v) is 4.02. The molecule has 0 fully saturated rings. The molecule has 29 heavy (non-hydrogen) atoms. The SMILES string of the molecule is CC(=O)N[C@@H]1C(=O)N(CCCOc2cccc3ccccc23)c2c(Cl)cccc21. The first-order valence-electron chi connectivity index (χ1n) is 9.53. The number of anilines is 1. The third-order valence-electron chi connectivity index (χ3n) is 4.99. The first-order chi connectivity index (χ1) is 14.1. The van der Waals surface area contributed by atoms with E-state index in [2.05, 4.69) is 5.32 Å². The molecule has 1 atom stereocenters. The second kappa shape index (κ2) is 8.13. The van der Waals surface area contributed by atoms with Crippen LogP contribution in [0.1, 0.15) is 24.9 Å². The predicted octanol–water partition coefficient (Wildman–Crippen LogP) is 4.49. The second-order valence-electron chi connectivity index (χ2n) is 6.98. The number of para-hydroxylation sites is 1. The summed E-state index contributed by atoms with van der Waals surface area (Å²) < 4.78 is 5.98. The maximum atomic E-state index is 12.9. The minimum atomic E-state index is -0.694. The summed E-state index contributed by atoms with van der Waals surface area (Å²) in [7, 11) is 0. The van der Waals surface area contributed by atoms with Gasteiger partial charge >= 0.3 is 0 Å². The van der Waals surface area contributed by atoms with Crippen LogP contribution in [0.15, 0.2) is 60.7 Å². The first kappa shape index (κ1) is 19.3. The highest BCUT2D eigenvalue weighted by Crippen LogP contribution is 2.41. The van der Waals surface area contributed by atoms with Gasteiger partial charge in [0.05, 0.1) is 17.3 Å². The minimum Gasteiger partial charge on any atom is -0.493 e. The normalized spacial score (nSPS) is 15.4. The monoisotopic (exact) mass is 408 g/mol. The van der Waals surface area contributed by atoms with E-state index in [1.807, 2.05) is 48.5 Å². The van der Waals surface area contributed by atoms with Crippen molar-refractivity contribution in [3.05, 3.63) is 71.2 Å². The zero-order valence-electron chi connectivity index (χ0n) is 16.0. The second-order valence-corrected chi connectivity index (χ2v) is 7.39. The summed E-state index contributed by atoms with van der Waals surface area (Å²) in [6.07, 6.45) is 0.631. The van der Waals surface area contributed by atoms with Crippen molar-refractivity contribution in [2.45, 2.75) is 19.4 Å². The lowest BCUT2D eigenvalue weighted by Crippen LogP contribution is -2.37. The lowest BCUT2D eigenvalue weighted by molar-refractivity contribution is -0.126. The van der Waals surface area contributed by atoms with E-state index >= 15 is 0 Å². The average molecular weight is 409 g/mol. The van der Waals surface area contributed by atoms with Crippen LogP contribution in [0, 0.1) is 0 Å². The summed E-state index contributed by atoms with van der Waals surface area (Å²) in [4.78, 5) is 26.1. The molecule has 0 aliphatic carbocycles. The Morgan fingerprint density at radius 1 is 1.10 bits per heavy atom. The number of hydrogen-bond acceptors (Lipinski definition) is 3. The summed E-state index contributed by atoms with van der Waals surface area (Å²) in [6.45, 7) is 2.32. The molecule has 0 aromatic heterocycles. The van der Waals surface area contributed by atoms with Crippen molar-refractivity contribution in [2.75, 3.05) is 18.1 Å². The number of nitrogens with zero attached hydrogens (tertiary/aromatic N) is 1. The molecular weight excluding hydrogens is 388 g/mol. The summed E-state index contributed by atoms with van der Waals surface area (Å²) >= 11 is 6.37. The summed E-state index contributed by atoms with van der Waals surface area (Å²) in [5, 5.41) is 5.41. The molecule has 5 nitrogen and oxygen atoms in total. The molecule has 0 saturated carbocycles. The smallest absolute Gasteiger partial charge is 0.254 e. The topological polar surface area (TPSA) is 58.6 Å². The Hall–Kier alpha value is -3.05. The average Bonchev–Trinajstić information content (AvgIpc) is 2.97. The predicted molar refractivity (Wildman–Crippen MR) is 114 cm³/mol. The Morgan fingerprint density at radius 2 is 1.86 bits per heavy atom. The molecule has 0 unspecified atom stereocenters. The van der Waals surface area contributed by atoms with Crippen LogP contribution < -0.4 is 15.0 Å². The van der Waals surface area contributed by atoms with Crippen molar-refractivity contribution in [2.24, 2.45) is 0 Å². The molecule has 1 N–H and O–H groups in total. The van der Waals surface area contributed by atoms with E-state index in [4.69, 9.17) is 16.3 Å². The number of amides is 2. The Morgan fingerprint density at radius 3 is 2.69 bits per heavy atom. The number of halogens is 1. The Labute approximate surface area is 174 Å². The number of nitrogens with one attached hydrogen (secondary N) is 1. The van der Waals surface area contributed by atoms with Gasteiger partial charge in [-0.1, -0.05) is 60.1 Å². The number of carbonyl (C=O) groups is 2. The molecule has 2 amide bonds. The van der Waals surface area contributed by atoms with Gasteiger partial charge < -0.3 is 15.0 Å². The Bertz CT molecular complexity index is 1080. The molecule has 148 valence electrons. The van der Waals surface area contributed by atoms with E-state index in [0.717, 1.165) is 22.1 Å². The molecular formula is C23H21ClN2O3. The van der Waals surface area contributed by atoms with Gasteiger partial charge in [-0.25, -0.2) is 0 Å². The highest BCUT2D eigenvalue weighted by Gasteiger charge is 2.38. The highest BCUT2D eigenvalue weighted by atomic mass is 35.5. The molecule has 0 radical (unpaired) electrons. The lowest BCUT2D eigenvalue weighted by atomic mass is 10.1. The third kappa shape index (κ3) is 3.78. The van der Waals surface area contributed by atoms with Crippen molar-refractivity contribution in [1.29, 1.82) is 0 Å². The first-order valence-corrected chi connectivity index (χ1v) is 9.91. The number of fused-ring (bicyclic) bond motifs is 2. The van der Waals surface area contributed by atoms with Crippen LogP contribution >= 0.6 is 11.6 Å². The summed E-state index contributed by atoms with van der Waals surface area (Å²) in [6, 6.07) is 18.7. The number of rotatable bonds is 6. The van der Waals surface area contributed by atoms with Crippen LogP contribution in [0.25, 0.3) is 10.8 Å². The van der Waals surface area contributed by atoms with Crippen molar-refractivity contribution in [3.63, 3.8) is 0 Å². The number of carbonyl (C=O) groups excluding carboxylic acids is 2. The molecule has 4 rings (SSSR count). The zero-order chi connectivity index (χ0) is 20.4. The van der Waals surface area contributed by atoms with Gasteiger partial charge in [-0.3, -0.25) is 9.59 Å². The molecule has 6 heteroatoms. The van der Waals surface area contributed by atoms with Crippen LogP contribution in [-0.4, -0.2) is 25.0 Å². The Balaban J connectivity index is 1.46. The van der Waals surface area contributed by atoms with Crippen LogP contribution in [0.3, 0.4) is 0 Å². The van der Waals surface area contributed by atoms with Gasteiger partial charge in [0.15, 0.2) is 0 Å². The molecule has 1 aliphatic heterocycles. The van der Waals surface area contributed by atoms with Gasteiger partial charge in [-0.05, 0) is 23.9 Å². The van der Waals surface area contributed by atoms with Gasteiger partial charge in [0.2, 0.25) is 5.91 Å². The maximum Gasteiger partial charge on any atom is 0.254 e. The van der Waals surface area contributed by atoms with Crippen molar-refractivity contribution < 1.29 is 14.3 Å². The van der Waals surface area contributed by atoms with E-state index in [9.17, 15) is 9.59 Å². The van der Waals surface area contributed by atoms with E-state index in [-0.39, 0.29) is 11.8 Å². The third-order valence-corrected chi connectivity index (χ3v) is 5.30. The van der Waals surface area contributed by atoms with Gasteiger partial charge in [0, 0.05) is 24.4 Å². The van der Waals surface area contributed by atoms with E-state index in [0.29, 0.717) is 30.3 Å². The van der Waals surface area contributed by atoms with Gasteiger partial charge in [0.25, 0.3) is 5.91 Å². The standard InChI is InChI=1S/C23H21ClN2O3/c1-15(27)25-21-18-10-5-11-19(24)22(18)26(23(21)28)13-6-14-29-20-12-4-8-16-7-2-3-9-17(16)20/h2-5,7-12,21H,6,13-14H2,1H3,(H,25,27)/t21-/m0/s1. The van der Waals surface area contributed by atoms with Gasteiger partial charge in [-0.2, -0.15) is 0 Å². The van der Waals surface area contributed by atoms with Crippen LogP contribution in [0.4, 0.5) is 5.69 Å². The highest BCUT2D eigenvalue weighted by molar-refractivity contribution is 6.34. The molecule has 0 spiro atoms. The summed E-state index contributed by atoms with van der Waals surface area (Å²) in [5.74, 6) is 0.397. The fourth-order valence-electron chi connectivity index (χ4n) is 3.74. The number of hydrogen-bond donors (Lipinski definition) is 1.